The van der Waals surface area contributed by atoms with Crippen LogP contribution in [0.25, 0.3) is 0 Å². The van der Waals surface area contributed by atoms with Crippen LogP contribution in [0.2, 0.25) is 0 Å². The maximum atomic E-state index is 10.5. The van der Waals surface area contributed by atoms with Gasteiger partial charge < -0.3 is 5.11 Å². The molecule has 0 radical (unpaired) electrons. The summed E-state index contributed by atoms with van der Waals surface area (Å²) in [6.07, 6.45) is 3.88. The molecule has 1 aliphatic rings. The molecule has 1 nitrogen and oxygen atoms in total. The highest BCUT2D eigenvalue weighted by atomic mass is 16.3. The van der Waals surface area contributed by atoms with Crippen molar-refractivity contribution in [2.45, 2.75) is 64.4 Å². The van der Waals surface area contributed by atoms with Crippen LogP contribution in [0.3, 0.4) is 0 Å². The molecule has 18 heavy (non-hydrogen) atoms. The second-order valence-corrected chi connectivity index (χ2v) is 7.20. The molecule has 1 aromatic carbocycles. The van der Waals surface area contributed by atoms with Crippen LogP contribution in [0.1, 0.15) is 58.1 Å². The first kappa shape index (κ1) is 13.6. The molecule has 1 fully saturated rings. The maximum Gasteiger partial charge on any atom is 0.0690 e. The first-order chi connectivity index (χ1) is 8.28. The van der Waals surface area contributed by atoms with E-state index in [-0.39, 0.29) is 5.41 Å². The summed E-state index contributed by atoms with van der Waals surface area (Å²) < 4.78 is 0. The summed E-state index contributed by atoms with van der Waals surface area (Å²) in [7, 11) is 0. The molecule has 100 valence electrons. The van der Waals surface area contributed by atoms with Gasteiger partial charge in [-0.15, -0.1) is 0 Å². The smallest absolute Gasteiger partial charge is 0.0690 e. The van der Waals surface area contributed by atoms with Crippen LogP contribution in [0.5, 0.6) is 0 Å². The van der Waals surface area contributed by atoms with Gasteiger partial charge in [-0.25, -0.2) is 0 Å². The van der Waals surface area contributed by atoms with Gasteiger partial charge in [-0.3, -0.25) is 0 Å². The summed E-state index contributed by atoms with van der Waals surface area (Å²) in [5, 5.41) is 10.5. The molecule has 1 saturated carbocycles. The molecular weight excluding hydrogens is 220 g/mol. The van der Waals surface area contributed by atoms with Gasteiger partial charge in [0.15, 0.2) is 0 Å². The van der Waals surface area contributed by atoms with Gasteiger partial charge in [0.25, 0.3) is 0 Å². The van der Waals surface area contributed by atoms with Crippen LogP contribution >= 0.6 is 0 Å². The molecule has 2 rings (SSSR count). The van der Waals surface area contributed by atoms with Crippen LogP contribution in [0.15, 0.2) is 24.3 Å². The number of hydrogen-bond acceptors (Lipinski definition) is 1. The van der Waals surface area contributed by atoms with Crippen LogP contribution in [0.4, 0.5) is 0 Å². The Hall–Kier alpha value is -0.820. The molecule has 0 aromatic heterocycles. The van der Waals surface area contributed by atoms with Gasteiger partial charge in [-0.05, 0) is 41.7 Å². The van der Waals surface area contributed by atoms with E-state index in [1.807, 2.05) is 0 Å². The first-order valence-corrected chi connectivity index (χ1v) is 7.10. The molecule has 2 unspecified atom stereocenters. The van der Waals surface area contributed by atoms with Gasteiger partial charge in [0, 0.05) is 6.42 Å². The Bertz CT molecular complexity index is 399. The summed E-state index contributed by atoms with van der Waals surface area (Å²) in [6.45, 7) is 8.93. The zero-order valence-corrected chi connectivity index (χ0v) is 12.2. The van der Waals surface area contributed by atoms with Crippen molar-refractivity contribution < 1.29 is 5.11 Å². The second-order valence-electron chi connectivity index (χ2n) is 7.20. The summed E-state index contributed by atoms with van der Waals surface area (Å²) in [4.78, 5) is 0. The lowest BCUT2D eigenvalue weighted by Gasteiger charge is -2.24. The van der Waals surface area contributed by atoms with Crippen LogP contribution < -0.4 is 0 Å². The number of aliphatic hydroxyl groups is 1. The predicted octanol–water partition coefficient (Wildman–Crippen LogP) is 4.08. The van der Waals surface area contributed by atoms with Crippen LogP contribution in [-0.2, 0) is 11.8 Å². The highest BCUT2D eigenvalue weighted by molar-refractivity contribution is 5.28. The topological polar surface area (TPSA) is 20.2 Å². The Morgan fingerprint density at radius 1 is 1.22 bits per heavy atom. The average molecular weight is 246 g/mol. The Kier molecular flexibility index (Phi) is 3.55. The third-order valence-corrected chi connectivity index (χ3v) is 4.18. The van der Waals surface area contributed by atoms with E-state index in [2.05, 4.69) is 52.0 Å². The average Bonchev–Trinajstić information content (AvgIpc) is 2.58. The second kappa shape index (κ2) is 4.70. The molecule has 2 atom stereocenters. The Balaban J connectivity index is 2.07. The zero-order valence-electron chi connectivity index (χ0n) is 12.2. The van der Waals surface area contributed by atoms with Gasteiger partial charge in [0.05, 0.1) is 5.60 Å². The zero-order chi connectivity index (χ0) is 13.4. The van der Waals surface area contributed by atoms with Crippen molar-refractivity contribution in [2.24, 2.45) is 5.92 Å². The minimum Gasteiger partial charge on any atom is -0.390 e. The summed E-state index contributed by atoms with van der Waals surface area (Å²) >= 11 is 0. The van der Waals surface area contributed by atoms with Crippen molar-refractivity contribution in [3.63, 3.8) is 0 Å². The van der Waals surface area contributed by atoms with Crippen LogP contribution in [0, 0.1) is 5.92 Å². The van der Waals surface area contributed by atoms with E-state index in [0.717, 1.165) is 25.7 Å². The molecule has 0 aliphatic heterocycles. The highest BCUT2D eigenvalue weighted by Crippen LogP contribution is 2.36. The van der Waals surface area contributed by atoms with E-state index in [0.29, 0.717) is 5.92 Å². The summed E-state index contributed by atoms with van der Waals surface area (Å²) in [5.41, 5.74) is 2.37. The number of hydrogen-bond donors (Lipinski definition) is 1. The van der Waals surface area contributed by atoms with E-state index in [9.17, 15) is 5.11 Å². The van der Waals surface area contributed by atoms with E-state index < -0.39 is 5.60 Å². The summed E-state index contributed by atoms with van der Waals surface area (Å²) in [6, 6.07) is 8.78. The van der Waals surface area contributed by atoms with Crippen molar-refractivity contribution in [2.75, 3.05) is 0 Å². The molecule has 0 bridgehead atoms. The molecule has 1 aliphatic carbocycles. The SMILES string of the molecule is CC1CCC(O)(Cc2ccc(C(C)(C)C)cc2)C1. The molecule has 1 N–H and O–H groups in total. The van der Waals surface area contributed by atoms with Gasteiger partial charge in [-0.1, -0.05) is 52.0 Å². The van der Waals surface area contributed by atoms with E-state index in [1.165, 1.54) is 11.1 Å². The quantitative estimate of drug-likeness (QED) is 0.833. The molecule has 0 saturated heterocycles. The lowest BCUT2D eigenvalue weighted by atomic mass is 9.85. The lowest BCUT2D eigenvalue weighted by Crippen LogP contribution is -2.27. The molecule has 0 amide bonds. The molecular formula is C17H26O. The van der Waals surface area contributed by atoms with Crippen LogP contribution in [-0.4, -0.2) is 10.7 Å². The fourth-order valence-electron chi connectivity index (χ4n) is 3.03. The molecule has 0 heterocycles. The molecule has 1 aromatic rings. The van der Waals surface area contributed by atoms with Crippen molar-refractivity contribution in [1.82, 2.24) is 0 Å². The monoisotopic (exact) mass is 246 g/mol. The largest absolute Gasteiger partial charge is 0.390 e. The van der Waals surface area contributed by atoms with Crippen molar-refractivity contribution >= 4 is 0 Å². The first-order valence-electron chi connectivity index (χ1n) is 7.10. The minimum atomic E-state index is -0.456. The normalized spacial score (nSPS) is 28.6. The van der Waals surface area contributed by atoms with Gasteiger partial charge in [0.2, 0.25) is 0 Å². The fourth-order valence-corrected chi connectivity index (χ4v) is 3.03. The number of rotatable bonds is 2. The van der Waals surface area contributed by atoms with Gasteiger partial charge in [0.1, 0.15) is 0 Å². The predicted molar refractivity (Wildman–Crippen MR) is 76.8 cm³/mol. The minimum absolute atomic E-state index is 0.206. The lowest BCUT2D eigenvalue weighted by molar-refractivity contribution is 0.0446. The molecule has 1 heteroatoms. The van der Waals surface area contributed by atoms with E-state index in [1.54, 1.807) is 0 Å². The van der Waals surface area contributed by atoms with Crippen molar-refractivity contribution in [3.05, 3.63) is 35.4 Å². The fraction of sp³-hybridized carbons (Fsp3) is 0.647. The standard InChI is InChI=1S/C17H26O/c1-13-9-10-17(18,11-13)12-14-5-7-15(8-6-14)16(2,3)4/h5-8,13,18H,9-12H2,1-4H3. The van der Waals surface area contributed by atoms with Crippen molar-refractivity contribution in [3.8, 4) is 0 Å². The third kappa shape index (κ3) is 3.14. The van der Waals surface area contributed by atoms with E-state index >= 15 is 0 Å². The Morgan fingerprint density at radius 3 is 2.28 bits per heavy atom. The van der Waals surface area contributed by atoms with Crippen molar-refractivity contribution in [1.29, 1.82) is 0 Å². The Labute approximate surface area is 111 Å². The Morgan fingerprint density at radius 2 is 1.83 bits per heavy atom. The highest BCUT2D eigenvalue weighted by Gasteiger charge is 2.35. The molecule has 0 spiro atoms. The van der Waals surface area contributed by atoms with Gasteiger partial charge in [-0.2, -0.15) is 0 Å². The third-order valence-electron chi connectivity index (χ3n) is 4.18. The van der Waals surface area contributed by atoms with Gasteiger partial charge >= 0.3 is 0 Å². The number of benzene rings is 1. The van der Waals surface area contributed by atoms with E-state index in [4.69, 9.17) is 0 Å². The maximum absolute atomic E-state index is 10.5. The summed E-state index contributed by atoms with van der Waals surface area (Å²) in [5.74, 6) is 0.670.